The molecule has 2 aromatic rings. The average Bonchev–Trinajstić information content (AvgIpc) is 2.29. The van der Waals surface area contributed by atoms with E-state index in [-0.39, 0.29) is 0 Å². The molecule has 0 radical (unpaired) electrons. The third-order valence-electron chi connectivity index (χ3n) is 1.66. The molecule has 0 bridgehead atoms. The van der Waals surface area contributed by atoms with E-state index in [2.05, 4.69) is 9.97 Å². The van der Waals surface area contributed by atoms with E-state index < -0.39 is 0 Å². The molecule has 0 unspecified atom stereocenters. The van der Waals surface area contributed by atoms with Crippen LogP contribution < -0.4 is 5.73 Å². The van der Waals surface area contributed by atoms with E-state index in [9.17, 15) is 0 Å². The van der Waals surface area contributed by atoms with Crippen LogP contribution in [0.25, 0.3) is 10.2 Å². The van der Waals surface area contributed by atoms with Gasteiger partial charge in [0, 0.05) is 4.88 Å². The fourth-order valence-corrected chi connectivity index (χ4v) is 2.11. The zero-order valence-electron chi connectivity index (χ0n) is 6.96. The summed E-state index contributed by atoms with van der Waals surface area (Å²) in [5.41, 5.74) is 5.73. The maximum absolute atomic E-state index is 5.73. The Balaban J connectivity index is 2.88. The Bertz CT molecular complexity index is 433. The predicted molar refractivity (Wildman–Crippen MR) is 51.3 cm³/mol. The molecule has 12 heavy (non-hydrogen) atoms. The van der Waals surface area contributed by atoms with Gasteiger partial charge in [-0.1, -0.05) is 0 Å². The molecule has 0 aliphatic rings. The summed E-state index contributed by atoms with van der Waals surface area (Å²) in [6, 6.07) is 2.02. The smallest absolute Gasteiger partial charge is 0.135 e. The minimum Gasteiger partial charge on any atom is -0.383 e. The first-order valence-corrected chi connectivity index (χ1v) is 4.49. The Morgan fingerprint density at radius 2 is 2.08 bits per heavy atom. The van der Waals surface area contributed by atoms with Crippen molar-refractivity contribution in [2.45, 2.75) is 13.8 Å². The molecule has 0 saturated carbocycles. The Labute approximate surface area is 74.3 Å². The van der Waals surface area contributed by atoms with Crippen LogP contribution in [0, 0.1) is 13.8 Å². The molecule has 62 valence electrons. The molecular weight excluding hydrogens is 170 g/mol. The fraction of sp³-hybridized carbons (Fsp3) is 0.250. The van der Waals surface area contributed by atoms with Crippen molar-refractivity contribution in [3.63, 3.8) is 0 Å². The number of nitrogens with zero attached hydrogens (tertiary/aromatic N) is 2. The van der Waals surface area contributed by atoms with Gasteiger partial charge in [0.1, 0.15) is 16.5 Å². The van der Waals surface area contributed by atoms with Gasteiger partial charge in [-0.2, -0.15) is 0 Å². The van der Waals surface area contributed by atoms with Gasteiger partial charge in [-0.15, -0.1) is 11.3 Å². The first-order valence-electron chi connectivity index (χ1n) is 3.67. The number of nitrogen functional groups attached to an aromatic ring is 1. The van der Waals surface area contributed by atoms with Gasteiger partial charge in [0.15, 0.2) is 0 Å². The highest BCUT2D eigenvalue weighted by molar-refractivity contribution is 7.18. The monoisotopic (exact) mass is 179 g/mol. The van der Waals surface area contributed by atoms with Gasteiger partial charge in [0.05, 0.1) is 5.39 Å². The Kier molecular flexibility index (Phi) is 1.51. The number of hydrogen-bond donors (Lipinski definition) is 1. The van der Waals surface area contributed by atoms with E-state index in [1.807, 2.05) is 19.9 Å². The van der Waals surface area contributed by atoms with Crippen LogP contribution in [0.4, 0.5) is 5.82 Å². The van der Waals surface area contributed by atoms with E-state index in [1.54, 1.807) is 11.3 Å². The molecule has 2 aromatic heterocycles. The fourth-order valence-electron chi connectivity index (χ4n) is 1.17. The van der Waals surface area contributed by atoms with Gasteiger partial charge in [-0.05, 0) is 19.9 Å². The normalized spacial score (nSPS) is 10.8. The van der Waals surface area contributed by atoms with E-state index in [0.29, 0.717) is 5.82 Å². The average molecular weight is 179 g/mol. The lowest BCUT2D eigenvalue weighted by Gasteiger charge is -1.95. The lowest BCUT2D eigenvalue weighted by atomic mass is 10.3. The van der Waals surface area contributed by atoms with Crippen LogP contribution in [0.2, 0.25) is 0 Å². The van der Waals surface area contributed by atoms with E-state index in [1.165, 1.54) is 4.88 Å². The van der Waals surface area contributed by atoms with Gasteiger partial charge in [-0.3, -0.25) is 0 Å². The topological polar surface area (TPSA) is 51.8 Å². The quantitative estimate of drug-likeness (QED) is 0.672. The maximum atomic E-state index is 5.73. The van der Waals surface area contributed by atoms with Crippen molar-refractivity contribution in [1.29, 1.82) is 0 Å². The standard InChI is InChI=1S/C8H9N3S/c1-4-3-6-7(9)10-5(2)11-8(6)12-4/h3H,1-2H3,(H2,9,10,11). The summed E-state index contributed by atoms with van der Waals surface area (Å²) in [6.45, 7) is 3.89. The number of hydrogen-bond acceptors (Lipinski definition) is 4. The SMILES string of the molecule is Cc1nc(N)c2cc(C)sc2n1. The van der Waals surface area contributed by atoms with Gasteiger partial charge in [0.25, 0.3) is 0 Å². The Morgan fingerprint density at radius 1 is 1.33 bits per heavy atom. The molecular formula is C8H9N3S. The Hall–Kier alpha value is -1.16. The van der Waals surface area contributed by atoms with Crippen molar-refractivity contribution >= 4 is 27.4 Å². The first kappa shape index (κ1) is 7.49. The second kappa shape index (κ2) is 2.42. The van der Waals surface area contributed by atoms with E-state index >= 15 is 0 Å². The van der Waals surface area contributed by atoms with Crippen molar-refractivity contribution in [1.82, 2.24) is 9.97 Å². The highest BCUT2D eigenvalue weighted by atomic mass is 32.1. The molecule has 3 nitrogen and oxygen atoms in total. The van der Waals surface area contributed by atoms with Crippen LogP contribution in [0.15, 0.2) is 6.07 Å². The molecule has 0 aromatic carbocycles. The molecule has 0 atom stereocenters. The van der Waals surface area contributed by atoms with Crippen molar-refractivity contribution in [3.05, 3.63) is 16.8 Å². The van der Waals surface area contributed by atoms with Gasteiger partial charge < -0.3 is 5.73 Å². The molecule has 0 saturated heterocycles. The summed E-state index contributed by atoms with van der Waals surface area (Å²) in [5, 5.41) is 0.975. The van der Waals surface area contributed by atoms with Crippen LogP contribution in [0.5, 0.6) is 0 Å². The minimum absolute atomic E-state index is 0.585. The molecule has 4 heteroatoms. The highest BCUT2D eigenvalue weighted by Gasteiger charge is 2.04. The van der Waals surface area contributed by atoms with Gasteiger partial charge in [0.2, 0.25) is 0 Å². The molecule has 0 amide bonds. The molecule has 0 aliphatic heterocycles. The number of aryl methyl sites for hydroxylation is 2. The molecule has 0 spiro atoms. The summed E-state index contributed by atoms with van der Waals surface area (Å²) in [7, 11) is 0. The van der Waals surface area contributed by atoms with E-state index in [4.69, 9.17) is 5.73 Å². The second-order valence-electron chi connectivity index (χ2n) is 2.73. The van der Waals surface area contributed by atoms with Gasteiger partial charge in [-0.25, -0.2) is 9.97 Å². The predicted octanol–water partition coefficient (Wildman–Crippen LogP) is 1.89. The number of thiophene rings is 1. The van der Waals surface area contributed by atoms with E-state index in [0.717, 1.165) is 16.0 Å². The number of nitrogens with two attached hydrogens (primary N) is 1. The molecule has 2 heterocycles. The Morgan fingerprint density at radius 3 is 2.83 bits per heavy atom. The molecule has 2 rings (SSSR count). The zero-order chi connectivity index (χ0) is 8.72. The molecule has 0 fully saturated rings. The van der Waals surface area contributed by atoms with Crippen LogP contribution in [-0.2, 0) is 0 Å². The third kappa shape index (κ3) is 1.04. The highest BCUT2D eigenvalue weighted by Crippen LogP contribution is 2.26. The van der Waals surface area contributed by atoms with Crippen LogP contribution in [-0.4, -0.2) is 9.97 Å². The third-order valence-corrected chi connectivity index (χ3v) is 2.60. The van der Waals surface area contributed by atoms with Gasteiger partial charge >= 0.3 is 0 Å². The maximum Gasteiger partial charge on any atom is 0.135 e. The number of rotatable bonds is 0. The summed E-state index contributed by atoms with van der Waals surface area (Å²) in [6.07, 6.45) is 0. The van der Waals surface area contributed by atoms with Crippen molar-refractivity contribution in [2.75, 3.05) is 5.73 Å². The van der Waals surface area contributed by atoms with Crippen molar-refractivity contribution < 1.29 is 0 Å². The summed E-state index contributed by atoms with van der Waals surface area (Å²) >= 11 is 1.65. The largest absolute Gasteiger partial charge is 0.383 e. The van der Waals surface area contributed by atoms with Crippen LogP contribution in [0.1, 0.15) is 10.7 Å². The zero-order valence-corrected chi connectivity index (χ0v) is 7.77. The first-order chi connectivity index (χ1) is 5.66. The number of fused-ring (bicyclic) bond motifs is 1. The number of aromatic nitrogens is 2. The second-order valence-corrected chi connectivity index (χ2v) is 3.97. The molecule has 2 N–H and O–H groups in total. The molecule has 0 aliphatic carbocycles. The van der Waals surface area contributed by atoms with Crippen molar-refractivity contribution in [2.24, 2.45) is 0 Å². The summed E-state index contributed by atoms with van der Waals surface area (Å²) in [5.74, 6) is 1.32. The number of anilines is 1. The lowest BCUT2D eigenvalue weighted by molar-refractivity contribution is 1.11. The summed E-state index contributed by atoms with van der Waals surface area (Å²) in [4.78, 5) is 10.6. The lowest BCUT2D eigenvalue weighted by Crippen LogP contribution is -1.94. The summed E-state index contributed by atoms with van der Waals surface area (Å²) < 4.78 is 0. The minimum atomic E-state index is 0.585. The van der Waals surface area contributed by atoms with Crippen LogP contribution >= 0.6 is 11.3 Å². The van der Waals surface area contributed by atoms with Crippen LogP contribution in [0.3, 0.4) is 0 Å². The van der Waals surface area contributed by atoms with Crippen molar-refractivity contribution in [3.8, 4) is 0 Å².